The molecule has 2 aromatic rings. The predicted octanol–water partition coefficient (Wildman–Crippen LogP) is 3.89. The Morgan fingerprint density at radius 3 is 2.33 bits per heavy atom. The zero-order chi connectivity index (χ0) is 13.0. The standard InChI is InChI=1S/C14H11BrO2S/c15-13-7-4-8-14(11-13)18(16,17)10-9-12-5-2-1-3-6-12/h1-11H/b10-9+. The number of hydrogen-bond acceptors (Lipinski definition) is 2. The highest BCUT2D eigenvalue weighted by Crippen LogP contribution is 2.18. The summed E-state index contributed by atoms with van der Waals surface area (Å²) in [6, 6.07) is 16.0. The fourth-order valence-electron chi connectivity index (χ4n) is 1.45. The SMILES string of the molecule is O=S(=O)(/C=C/c1ccccc1)c1cccc(Br)c1. The fourth-order valence-corrected chi connectivity index (χ4v) is 3.06. The maximum Gasteiger partial charge on any atom is 0.199 e. The molecule has 0 aliphatic heterocycles. The molecule has 2 aromatic carbocycles. The number of benzene rings is 2. The Hall–Kier alpha value is -1.39. The highest BCUT2D eigenvalue weighted by atomic mass is 79.9. The third kappa shape index (κ3) is 3.31. The van der Waals surface area contributed by atoms with Crippen molar-refractivity contribution in [2.24, 2.45) is 0 Å². The van der Waals surface area contributed by atoms with Crippen molar-refractivity contribution in [1.29, 1.82) is 0 Å². The maximum atomic E-state index is 12.1. The molecule has 0 N–H and O–H groups in total. The molecular formula is C14H11BrO2S. The highest BCUT2D eigenvalue weighted by molar-refractivity contribution is 9.10. The Kier molecular flexibility index (Phi) is 3.99. The first-order chi connectivity index (χ1) is 8.58. The van der Waals surface area contributed by atoms with Crippen LogP contribution in [0.4, 0.5) is 0 Å². The van der Waals surface area contributed by atoms with E-state index in [1.165, 1.54) is 5.41 Å². The number of rotatable bonds is 3. The van der Waals surface area contributed by atoms with Gasteiger partial charge in [-0.05, 0) is 29.8 Å². The van der Waals surface area contributed by atoms with Gasteiger partial charge in [-0.3, -0.25) is 0 Å². The Morgan fingerprint density at radius 2 is 1.67 bits per heavy atom. The van der Waals surface area contributed by atoms with E-state index in [2.05, 4.69) is 15.9 Å². The average Bonchev–Trinajstić information content (AvgIpc) is 2.38. The van der Waals surface area contributed by atoms with Gasteiger partial charge < -0.3 is 0 Å². The molecule has 2 nitrogen and oxygen atoms in total. The van der Waals surface area contributed by atoms with Crippen LogP contribution >= 0.6 is 15.9 Å². The van der Waals surface area contributed by atoms with Crippen LogP contribution in [0.15, 0.2) is 69.4 Å². The zero-order valence-corrected chi connectivity index (χ0v) is 11.9. The third-order valence-electron chi connectivity index (χ3n) is 2.36. The van der Waals surface area contributed by atoms with Crippen molar-refractivity contribution < 1.29 is 8.42 Å². The van der Waals surface area contributed by atoms with Crippen molar-refractivity contribution in [3.8, 4) is 0 Å². The lowest BCUT2D eigenvalue weighted by Gasteiger charge is -1.99. The highest BCUT2D eigenvalue weighted by Gasteiger charge is 2.09. The summed E-state index contributed by atoms with van der Waals surface area (Å²) in [7, 11) is -3.39. The summed E-state index contributed by atoms with van der Waals surface area (Å²) in [6.45, 7) is 0. The molecule has 0 unspecified atom stereocenters. The largest absolute Gasteiger partial charge is 0.219 e. The molecule has 0 aliphatic rings. The summed E-state index contributed by atoms with van der Waals surface area (Å²) in [5.41, 5.74) is 0.857. The van der Waals surface area contributed by atoms with E-state index in [1.807, 2.05) is 30.3 Å². The van der Waals surface area contributed by atoms with Gasteiger partial charge >= 0.3 is 0 Å². The van der Waals surface area contributed by atoms with Crippen LogP contribution in [-0.4, -0.2) is 8.42 Å². The van der Waals surface area contributed by atoms with Crippen LogP contribution < -0.4 is 0 Å². The van der Waals surface area contributed by atoms with Crippen molar-refractivity contribution >= 4 is 31.8 Å². The molecule has 0 heterocycles. The molecular weight excluding hydrogens is 312 g/mol. The lowest BCUT2D eigenvalue weighted by atomic mass is 10.2. The maximum absolute atomic E-state index is 12.1. The fraction of sp³-hybridized carbons (Fsp3) is 0. The first kappa shape index (κ1) is 13.1. The van der Waals surface area contributed by atoms with E-state index in [-0.39, 0.29) is 4.90 Å². The van der Waals surface area contributed by atoms with Crippen molar-refractivity contribution in [2.75, 3.05) is 0 Å². The van der Waals surface area contributed by atoms with Gasteiger partial charge in [-0.25, -0.2) is 8.42 Å². The van der Waals surface area contributed by atoms with E-state index < -0.39 is 9.84 Å². The quantitative estimate of drug-likeness (QED) is 0.859. The molecule has 4 heteroatoms. The summed E-state index contributed by atoms with van der Waals surface area (Å²) in [4.78, 5) is 0.282. The minimum Gasteiger partial charge on any atom is -0.219 e. The molecule has 18 heavy (non-hydrogen) atoms. The lowest BCUT2D eigenvalue weighted by molar-refractivity contribution is 0.605. The Bertz CT molecular complexity index is 661. The van der Waals surface area contributed by atoms with Gasteiger partial charge in [0.2, 0.25) is 0 Å². The molecule has 0 fully saturated rings. The van der Waals surface area contributed by atoms with Crippen LogP contribution in [0.25, 0.3) is 6.08 Å². The zero-order valence-electron chi connectivity index (χ0n) is 9.45. The van der Waals surface area contributed by atoms with E-state index in [9.17, 15) is 8.42 Å². The van der Waals surface area contributed by atoms with Crippen molar-refractivity contribution in [3.05, 3.63) is 70.0 Å². The van der Waals surface area contributed by atoms with Gasteiger partial charge in [0.25, 0.3) is 0 Å². The van der Waals surface area contributed by atoms with Crippen molar-refractivity contribution in [3.63, 3.8) is 0 Å². The Morgan fingerprint density at radius 1 is 0.944 bits per heavy atom. The number of hydrogen-bond donors (Lipinski definition) is 0. The van der Waals surface area contributed by atoms with Crippen LogP contribution in [0.1, 0.15) is 5.56 Å². The van der Waals surface area contributed by atoms with Crippen LogP contribution in [0, 0.1) is 0 Å². The minimum absolute atomic E-state index is 0.282. The van der Waals surface area contributed by atoms with Gasteiger partial charge in [0.15, 0.2) is 9.84 Å². The second-order valence-electron chi connectivity index (χ2n) is 3.72. The summed E-state index contributed by atoms with van der Waals surface area (Å²) in [6.07, 6.45) is 1.59. The average molecular weight is 323 g/mol. The molecule has 0 atom stereocenters. The molecule has 0 saturated heterocycles. The first-order valence-electron chi connectivity index (χ1n) is 5.32. The number of halogens is 1. The molecule has 0 amide bonds. The normalized spacial score (nSPS) is 11.8. The molecule has 0 bridgehead atoms. The molecule has 2 rings (SSSR count). The minimum atomic E-state index is -3.39. The van der Waals surface area contributed by atoms with Gasteiger partial charge in [-0.2, -0.15) is 0 Å². The van der Waals surface area contributed by atoms with Gasteiger partial charge in [-0.15, -0.1) is 0 Å². The van der Waals surface area contributed by atoms with Gasteiger partial charge in [0.05, 0.1) is 4.90 Å². The summed E-state index contributed by atoms with van der Waals surface area (Å²) >= 11 is 3.26. The van der Waals surface area contributed by atoms with Gasteiger partial charge in [0, 0.05) is 9.88 Å². The summed E-state index contributed by atoms with van der Waals surface area (Å²) in [5.74, 6) is 0. The van der Waals surface area contributed by atoms with Crippen molar-refractivity contribution in [1.82, 2.24) is 0 Å². The van der Waals surface area contributed by atoms with E-state index in [4.69, 9.17) is 0 Å². The lowest BCUT2D eigenvalue weighted by Crippen LogP contribution is -1.95. The Labute approximate surface area is 115 Å². The molecule has 0 aromatic heterocycles. The smallest absolute Gasteiger partial charge is 0.199 e. The molecule has 0 radical (unpaired) electrons. The number of sulfone groups is 1. The van der Waals surface area contributed by atoms with Crippen molar-refractivity contribution in [2.45, 2.75) is 4.90 Å². The van der Waals surface area contributed by atoms with E-state index in [0.717, 1.165) is 10.0 Å². The topological polar surface area (TPSA) is 34.1 Å². The van der Waals surface area contributed by atoms with E-state index in [0.29, 0.717) is 0 Å². The van der Waals surface area contributed by atoms with E-state index in [1.54, 1.807) is 30.3 Å². The first-order valence-corrected chi connectivity index (χ1v) is 7.66. The Balaban J connectivity index is 2.31. The molecule has 92 valence electrons. The van der Waals surface area contributed by atoms with Crippen LogP contribution in [0.3, 0.4) is 0 Å². The van der Waals surface area contributed by atoms with Gasteiger partial charge in [0.1, 0.15) is 0 Å². The molecule has 0 aliphatic carbocycles. The molecule has 0 spiro atoms. The summed E-state index contributed by atoms with van der Waals surface area (Å²) < 4.78 is 24.8. The predicted molar refractivity (Wildman–Crippen MR) is 76.8 cm³/mol. The van der Waals surface area contributed by atoms with Crippen LogP contribution in [-0.2, 0) is 9.84 Å². The molecule has 0 saturated carbocycles. The third-order valence-corrected chi connectivity index (χ3v) is 4.26. The second-order valence-corrected chi connectivity index (χ2v) is 6.47. The van der Waals surface area contributed by atoms with E-state index >= 15 is 0 Å². The second kappa shape index (κ2) is 5.50. The van der Waals surface area contributed by atoms with Crippen LogP contribution in [0.2, 0.25) is 0 Å². The monoisotopic (exact) mass is 322 g/mol. The van der Waals surface area contributed by atoms with Gasteiger partial charge in [-0.1, -0.05) is 52.3 Å². The summed E-state index contributed by atoms with van der Waals surface area (Å²) in [5, 5.41) is 1.23. The van der Waals surface area contributed by atoms with Crippen LogP contribution in [0.5, 0.6) is 0 Å².